The summed E-state index contributed by atoms with van der Waals surface area (Å²) in [5.74, 6) is -0.316. The molecule has 2 rings (SSSR count). The van der Waals surface area contributed by atoms with E-state index in [1.807, 2.05) is 13.0 Å². The summed E-state index contributed by atoms with van der Waals surface area (Å²) < 4.78 is 13.9. The van der Waals surface area contributed by atoms with Crippen LogP contribution in [0.15, 0.2) is 36.7 Å². The molecule has 0 fully saturated rings. The Morgan fingerprint density at radius 2 is 2.06 bits per heavy atom. The molecule has 1 unspecified atom stereocenters. The van der Waals surface area contributed by atoms with Crippen LogP contribution in [0.3, 0.4) is 0 Å². The van der Waals surface area contributed by atoms with Crippen LogP contribution in [0.4, 0.5) is 4.39 Å². The van der Waals surface area contributed by atoms with Gasteiger partial charge in [-0.15, -0.1) is 0 Å². The average Bonchev–Trinajstić information content (AvgIpc) is 2.33. The first kappa shape index (κ1) is 13.0. The molecule has 4 heteroatoms. The van der Waals surface area contributed by atoms with Crippen LogP contribution in [0.5, 0.6) is 0 Å². The molecular formula is C14H14ClFN2. The molecule has 0 aliphatic heterocycles. The van der Waals surface area contributed by atoms with Gasteiger partial charge in [0.05, 0.1) is 6.04 Å². The van der Waals surface area contributed by atoms with Crippen LogP contribution in [-0.2, 0) is 0 Å². The van der Waals surface area contributed by atoms with Crippen LogP contribution in [0, 0.1) is 12.7 Å². The Balaban J connectivity index is 2.45. The number of rotatable bonds is 3. The molecular weight excluding hydrogens is 251 g/mol. The maximum atomic E-state index is 13.9. The van der Waals surface area contributed by atoms with Crippen molar-refractivity contribution in [3.8, 4) is 0 Å². The van der Waals surface area contributed by atoms with E-state index in [9.17, 15) is 4.39 Å². The zero-order chi connectivity index (χ0) is 13.1. The molecule has 2 nitrogen and oxygen atoms in total. The van der Waals surface area contributed by atoms with E-state index in [-0.39, 0.29) is 11.9 Å². The molecule has 0 amide bonds. The summed E-state index contributed by atoms with van der Waals surface area (Å²) >= 11 is 5.76. The molecule has 18 heavy (non-hydrogen) atoms. The Kier molecular flexibility index (Phi) is 3.94. The molecule has 0 saturated carbocycles. The minimum atomic E-state index is -0.316. The van der Waals surface area contributed by atoms with Gasteiger partial charge in [-0.1, -0.05) is 23.7 Å². The summed E-state index contributed by atoms with van der Waals surface area (Å²) in [6, 6.07) is 6.47. The first-order valence-corrected chi connectivity index (χ1v) is 6.03. The number of nitrogens with one attached hydrogen (secondary N) is 1. The largest absolute Gasteiger partial charge is 0.309 e. The lowest BCUT2D eigenvalue weighted by Crippen LogP contribution is -2.19. The Hall–Kier alpha value is -1.45. The maximum absolute atomic E-state index is 13.9. The molecule has 94 valence electrons. The van der Waals surface area contributed by atoms with Crippen molar-refractivity contribution in [2.75, 3.05) is 7.05 Å². The van der Waals surface area contributed by atoms with Crippen molar-refractivity contribution in [2.45, 2.75) is 13.0 Å². The van der Waals surface area contributed by atoms with Gasteiger partial charge in [-0.3, -0.25) is 4.98 Å². The highest BCUT2D eigenvalue weighted by Gasteiger charge is 2.16. The first-order chi connectivity index (χ1) is 8.61. The van der Waals surface area contributed by atoms with Crippen molar-refractivity contribution in [3.05, 3.63) is 64.2 Å². The van der Waals surface area contributed by atoms with Gasteiger partial charge in [-0.05, 0) is 37.2 Å². The van der Waals surface area contributed by atoms with Gasteiger partial charge in [0.2, 0.25) is 0 Å². The quantitative estimate of drug-likeness (QED) is 0.918. The van der Waals surface area contributed by atoms with Crippen molar-refractivity contribution in [3.63, 3.8) is 0 Å². The Morgan fingerprint density at radius 3 is 2.67 bits per heavy atom. The number of hydrogen-bond donors (Lipinski definition) is 1. The summed E-state index contributed by atoms with van der Waals surface area (Å²) in [5, 5.41) is 3.50. The molecule has 1 atom stereocenters. The summed E-state index contributed by atoms with van der Waals surface area (Å²) in [6.45, 7) is 1.96. The highest BCUT2D eigenvalue weighted by molar-refractivity contribution is 6.30. The van der Waals surface area contributed by atoms with Crippen LogP contribution in [0.25, 0.3) is 0 Å². The lowest BCUT2D eigenvalue weighted by Gasteiger charge is -2.18. The average molecular weight is 265 g/mol. The van der Waals surface area contributed by atoms with Gasteiger partial charge in [0.1, 0.15) is 5.82 Å². The zero-order valence-corrected chi connectivity index (χ0v) is 11.0. The second kappa shape index (κ2) is 5.46. The minimum Gasteiger partial charge on any atom is -0.309 e. The van der Waals surface area contributed by atoms with E-state index in [1.165, 1.54) is 6.07 Å². The predicted molar refractivity (Wildman–Crippen MR) is 71.3 cm³/mol. The van der Waals surface area contributed by atoms with Crippen molar-refractivity contribution >= 4 is 11.6 Å². The predicted octanol–water partition coefficient (Wildman–Crippen LogP) is 3.49. The van der Waals surface area contributed by atoms with Crippen LogP contribution in [0.2, 0.25) is 5.02 Å². The Morgan fingerprint density at radius 1 is 1.28 bits per heavy atom. The number of halogens is 2. The van der Waals surface area contributed by atoms with E-state index in [0.717, 1.165) is 11.1 Å². The molecule has 0 bridgehead atoms. The molecule has 2 aromatic rings. The fraction of sp³-hybridized carbons (Fsp3) is 0.214. The van der Waals surface area contributed by atoms with Crippen LogP contribution >= 0.6 is 11.6 Å². The number of hydrogen-bond acceptors (Lipinski definition) is 2. The van der Waals surface area contributed by atoms with E-state index in [2.05, 4.69) is 10.3 Å². The molecule has 0 spiro atoms. The highest BCUT2D eigenvalue weighted by Crippen LogP contribution is 2.26. The van der Waals surface area contributed by atoms with E-state index < -0.39 is 0 Å². The SMILES string of the molecule is CNC(c1cncc(C)c1)c1ccc(Cl)cc1F. The normalized spacial score (nSPS) is 12.4. The van der Waals surface area contributed by atoms with Crippen LogP contribution < -0.4 is 5.32 Å². The lowest BCUT2D eigenvalue weighted by molar-refractivity contribution is 0.575. The number of aromatic nitrogens is 1. The zero-order valence-electron chi connectivity index (χ0n) is 10.2. The Labute approximate surface area is 111 Å². The van der Waals surface area contributed by atoms with E-state index >= 15 is 0 Å². The van der Waals surface area contributed by atoms with E-state index in [1.54, 1.807) is 31.6 Å². The second-order valence-corrected chi connectivity index (χ2v) is 4.62. The monoisotopic (exact) mass is 264 g/mol. The van der Waals surface area contributed by atoms with E-state index in [0.29, 0.717) is 10.6 Å². The summed E-state index contributed by atoms with van der Waals surface area (Å²) in [6.07, 6.45) is 3.51. The summed E-state index contributed by atoms with van der Waals surface area (Å²) in [4.78, 5) is 4.14. The highest BCUT2D eigenvalue weighted by atomic mass is 35.5. The minimum absolute atomic E-state index is 0.227. The van der Waals surface area contributed by atoms with Gasteiger partial charge in [-0.2, -0.15) is 0 Å². The van der Waals surface area contributed by atoms with Gasteiger partial charge >= 0.3 is 0 Å². The van der Waals surface area contributed by atoms with Crippen molar-refractivity contribution in [1.82, 2.24) is 10.3 Å². The Bertz CT molecular complexity index is 557. The van der Waals surface area contributed by atoms with Crippen LogP contribution in [0.1, 0.15) is 22.7 Å². The standard InChI is InChI=1S/C14H14ClFN2/c1-9-5-10(8-18-7-9)14(17-2)12-4-3-11(15)6-13(12)16/h3-8,14,17H,1-2H3. The number of pyridine rings is 1. The van der Waals surface area contributed by atoms with Crippen molar-refractivity contribution < 1.29 is 4.39 Å². The molecule has 1 N–H and O–H groups in total. The third-order valence-electron chi connectivity index (χ3n) is 2.79. The smallest absolute Gasteiger partial charge is 0.129 e. The van der Waals surface area contributed by atoms with Crippen LogP contribution in [-0.4, -0.2) is 12.0 Å². The third kappa shape index (κ3) is 2.68. The molecule has 1 aromatic heterocycles. The van der Waals surface area contributed by atoms with Gasteiger partial charge in [0.25, 0.3) is 0 Å². The lowest BCUT2D eigenvalue weighted by atomic mass is 9.99. The van der Waals surface area contributed by atoms with Gasteiger partial charge in [0.15, 0.2) is 0 Å². The fourth-order valence-electron chi connectivity index (χ4n) is 1.97. The topological polar surface area (TPSA) is 24.9 Å². The maximum Gasteiger partial charge on any atom is 0.129 e. The second-order valence-electron chi connectivity index (χ2n) is 4.18. The molecule has 1 heterocycles. The van der Waals surface area contributed by atoms with Crippen molar-refractivity contribution in [2.24, 2.45) is 0 Å². The molecule has 0 saturated heterocycles. The molecule has 1 aromatic carbocycles. The molecule has 0 radical (unpaired) electrons. The van der Waals surface area contributed by atoms with E-state index in [4.69, 9.17) is 11.6 Å². The number of nitrogens with zero attached hydrogens (tertiary/aromatic N) is 1. The summed E-state index contributed by atoms with van der Waals surface area (Å²) in [5.41, 5.74) is 2.54. The number of aryl methyl sites for hydroxylation is 1. The van der Waals surface area contributed by atoms with Gasteiger partial charge in [0, 0.05) is 23.0 Å². The molecule has 0 aliphatic carbocycles. The van der Waals surface area contributed by atoms with Crippen molar-refractivity contribution in [1.29, 1.82) is 0 Å². The summed E-state index contributed by atoms with van der Waals surface area (Å²) in [7, 11) is 1.79. The third-order valence-corrected chi connectivity index (χ3v) is 3.03. The van der Waals surface area contributed by atoms with Gasteiger partial charge < -0.3 is 5.32 Å². The van der Waals surface area contributed by atoms with Gasteiger partial charge in [-0.25, -0.2) is 4.39 Å². The fourth-order valence-corrected chi connectivity index (χ4v) is 2.13. The number of benzene rings is 1. The first-order valence-electron chi connectivity index (χ1n) is 5.65. The molecule has 0 aliphatic rings.